The first-order valence-electron chi connectivity index (χ1n) is 9.91. The molecule has 2 N–H and O–H groups in total. The molecule has 6 nitrogen and oxygen atoms in total. The molecule has 0 aliphatic carbocycles. The van der Waals surface area contributed by atoms with Crippen LogP contribution in [0.3, 0.4) is 0 Å². The number of methoxy groups -OCH3 is 1. The topological polar surface area (TPSA) is 80.0 Å². The van der Waals surface area contributed by atoms with Crippen molar-refractivity contribution in [2.45, 2.75) is 6.18 Å². The molecule has 2 aromatic heterocycles. The standard InChI is InChI=1S/C24H15F5N2O4/c1-35-22-16(23(33)34)10-9-14-11-17(24(27,28)29)20(31(14)22)12-5-7-13(8-6-12)30-21(32)15-3-2-4-18(25)19(15)26/h2-11H,1H3,(H,30,32)(H,33,34). The van der Waals surface area contributed by atoms with E-state index in [1.807, 2.05) is 0 Å². The lowest BCUT2D eigenvalue weighted by molar-refractivity contribution is -0.137. The summed E-state index contributed by atoms with van der Waals surface area (Å²) in [6.07, 6.45) is -4.78. The Morgan fingerprint density at radius 2 is 1.66 bits per heavy atom. The number of halogens is 5. The van der Waals surface area contributed by atoms with Gasteiger partial charge in [-0.15, -0.1) is 0 Å². The number of pyridine rings is 1. The van der Waals surface area contributed by atoms with Crippen LogP contribution in [0.2, 0.25) is 0 Å². The maximum Gasteiger partial charge on any atom is 0.418 e. The number of amides is 1. The molecule has 0 aliphatic heterocycles. The number of rotatable bonds is 5. The molecular weight excluding hydrogens is 475 g/mol. The summed E-state index contributed by atoms with van der Waals surface area (Å²) in [6, 6.07) is 11.4. The highest BCUT2D eigenvalue weighted by Gasteiger charge is 2.37. The highest BCUT2D eigenvalue weighted by atomic mass is 19.4. The molecular formula is C24H15F5N2O4. The number of aromatic nitrogens is 1. The number of alkyl halides is 3. The summed E-state index contributed by atoms with van der Waals surface area (Å²) in [5.41, 5.74) is -2.10. The van der Waals surface area contributed by atoms with Crippen molar-refractivity contribution < 1.29 is 41.4 Å². The second-order valence-corrected chi connectivity index (χ2v) is 7.36. The van der Waals surface area contributed by atoms with E-state index in [2.05, 4.69) is 5.32 Å². The molecule has 0 bridgehead atoms. The van der Waals surface area contributed by atoms with E-state index in [1.165, 1.54) is 30.3 Å². The Morgan fingerprint density at radius 3 is 2.26 bits per heavy atom. The van der Waals surface area contributed by atoms with E-state index in [1.54, 1.807) is 0 Å². The van der Waals surface area contributed by atoms with Crippen molar-refractivity contribution in [3.63, 3.8) is 0 Å². The van der Waals surface area contributed by atoms with Gasteiger partial charge < -0.3 is 15.2 Å². The fraction of sp³-hybridized carbons (Fsp3) is 0.0833. The second-order valence-electron chi connectivity index (χ2n) is 7.36. The van der Waals surface area contributed by atoms with E-state index in [4.69, 9.17) is 4.74 Å². The molecule has 2 aromatic carbocycles. The summed E-state index contributed by atoms with van der Waals surface area (Å²) in [6.45, 7) is 0. The van der Waals surface area contributed by atoms with Crippen molar-refractivity contribution >= 4 is 23.1 Å². The molecule has 180 valence electrons. The largest absolute Gasteiger partial charge is 0.481 e. The van der Waals surface area contributed by atoms with Gasteiger partial charge in [-0.2, -0.15) is 13.2 Å². The maximum atomic E-state index is 13.9. The van der Waals surface area contributed by atoms with E-state index in [0.717, 1.165) is 41.8 Å². The van der Waals surface area contributed by atoms with Crippen molar-refractivity contribution in [2.24, 2.45) is 0 Å². The van der Waals surface area contributed by atoms with E-state index < -0.39 is 40.8 Å². The predicted molar refractivity (Wildman–Crippen MR) is 116 cm³/mol. The third kappa shape index (κ3) is 4.27. The minimum atomic E-state index is -4.78. The van der Waals surface area contributed by atoms with E-state index in [0.29, 0.717) is 0 Å². The van der Waals surface area contributed by atoms with Gasteiger partial charge in [0, 0.05) is 11.2 Å². The van der Waals surface area contributed by atoms with Crippen molar-refractivity contribution in [1.29, 1.82) is 0 Å². The Hall–Kier alpha value is -4.41. The van der Waals surface area contributed by atoms with Crippen molar-refractivity contribution in [1.82, 2.24) is 4.40 Å². The number of anilines is 1. The smallest absolute Gasteiger partial charge is 0.418 e. The molecule has 2 heterocycles. The van der Waals surface area contributed by atoms with Crippen LogP contribution >= 0.6 is 0 Å². The average molecular weight is 490 g/mol. The molecule has 0 unspecified atom stereocenters. The minimum Gasteiger partial charge on any atom is -0.481 e. The number of aromatic carboxylic acids is 1. The molecule has 0 saturated heterocycles. The summed E-state index contributed by atoms with van der Waals surface area (Å²) >= 11 is 0. The lowest BCUT2D eigenvalue weighted by Gasteiger charge is -2.14. The van der Waals surface area contributed by atoms with Gasteiger partial charge in [-0.25, -0.2) is 13.6 Å². The molecule has 0 spiro atoms. The predicted octanol–water partition coefficient (Wildman–Crippen LogP) is 5.86. The first-order chi connectivity index (χ1) is 16.5. The maximum absolute atomic E-state index is 13.9. The average Bonchev–Trinajstić information content (AvgIpc) is 3.21. The Kier molecular flexibility index (Phi) is 5.93. The van der Waals surface area contributed by atoms with Crippen LogP contribution in [0.15, 0.2) is 60.7 Å². The van der Waals surface area contributed by atoms with Gasteiger partial charge in [0.1, 0.15) is 5.56 Å². The highest BCUT2D eigenvalue weighted by molar-refractivity contribution is 6.04. The van der Waals surface area contributed by atoms with Gasteiger partial charge in [0.25, 0.3) is 5.91 Å². The van der Waals surface area contributed by atoms with Crippen molar-refractivity contribution in [3.05, 3.63) is 89.0 Å². The van der Waals surface area contributed by atoms with E-state index in [9.17, 15) is 36.6 Å². The quantitative estimate of drug-likeness (QED) is 0.344. The molecule has 11 heteroatoms. The molecule has 4 aromatic rings. The number of carbonyl (C=O) groups excluding carboxylic acids is 1. The fourth-order valence-electron chi connectivity index (χ4n) is 3.69. The van der Waals surface area contributed by atoms with Gasteiger partial charge in [-0.3, -0.25) is 9.20 Å². The zero-order valence-corrected chi connectivity index (χ0v) is 17.8. The molecule has 4 rings (SSSR count). The SMILES string of the molecule is COc1c(C(=O)O)ccc2cc(C(F)(F)F)c(-c3ccc(NC(=O)c4cccc(F)c4F)cc3)n12. The van der Waals surface area contributed by atoms with Crippen LogP contribution in [0.4, 0.5) is 27.6 Å². The van der Waals surface area contributed by atoms with Crippen LogP contribution in [0.25, 0.3) is 16.8 Å². The Labute approximate surface area is 194 Å². The molecule has 0 atom stereocenters. The highest BCUT2D eigenvalue weighted by Crippen LogP contribution is 2.42. The zero-order chi connectivity index (χ0) is 25.5. The van der Waals surface area contributed by atoms with Crippen molar-refractivity contribution in [2.75, 3.05) is 12.4 Å². The number of ether oxygens (including phenoxy) is 1. The summed E-state index contributed by atoms with van der Waals surface area (Å²) in [7, 11) is 1.14. The second kappa shape index (κ2) is 8.75. The van der Waals surface area contributed by atoms with Crippen LogP contribution in [-0.4, -0.2) is 28.5 Å². The third-order valence-corrected chi connectivity index (χ3v) is 5.22. The zero-order valence-electron chi connectivity index (χ0n) is 17.8. The molecule has 0 fully saturated rings. The number of carbonyl (C=O) groups is 2. The molecule has 1 amide bonds. The Morgan fingerprint density at radius 1 is 0.971 bits per heavy atom. The summed E-state index contributed by atoms with van der Waals surface area (Å²) in [5.74, 6) is -5.19. The summed E-state index contributed by atoms with van der Waals surface area (Å²) in [4.78, 5) is 23.9. The minimum absolute atomic E-state index is 0.0353. The van der Waals surface area contributed by atoms with Crippen LogP contribution in [0, 0.1) is 11.6 Å². The Bertz CT molecular complexity index is 1460. The number of carboxylic acid groups (broad SMARTS) is 1. The number of hydrogen-bond acceptors (Lipinski definition) is 3. The van der Waals surface area contributed by atoms with E-state index >= 15 is 0 Å². The summed E-state index contributed by atoms with van der Waals surface area (Å²) in [5, 5.41) is 11.8. The number of benzene rings is 2. The molecule has 35 heavy (non-hydrogen) atoms. The fourth-order valence-corrected chi connectivity index (χ4v) is 3.69. The van der Waals surface area contributed by atoms with Gasteiger partial charge in [0.15, 0.2) is 11.6 Å². The normalized spacial score (nSPS) is 11.5. The number of nitrogens with one attached hydrogen (secondary N) is 1. The van der Waals surface area contributed by atoms with Crippen LogP contribution < -0.4 is 10.1 Å². The van der Waals surface area contributed by atoms with Gasteiger partial charge in [-0.1, -0.05) is 18.2 Å². The van der Waals surface area contributed by atoms with Gasteiger partial charge in [0.2, 0.25) is 5.88 Å². The third-order valence-electron chi connectivity index (χ3n) is 5.22. The molecule has 0 aliphatic rings. The van der Waals surface area contributed by atoms with Crippen LogP contribution in [0.1, 0.15) is 26.3 Å². The lowest BCUT2D eigenvalue weighted by Crippen LogP contribution is -2.14. The Balaban J connectivity index is 1.80. The number of carboxylic acids is 1. The van der Waals surface area contributed by atoms with Gasteiger partial charge >= 0.3 is 12.1 Å². The van der Waals surface area contributed by atoms with E-state index in [-0.39, 0.29) is 33.9 Å². The molecule has 0 radical (unpaired) electrons. The van der Waals surface area contributed by atoms with Crippen LogP contribution in [0.5, 0.6) is 5.88 Å². The van der Waals surface area contributed by atoms with Crippen molar-refractivity contribution in [3.8, 4) is 17.1 Å². The number of hydrogen-bond donors (Lipinski definition) is 2. The molecule has 0 saturated carbocycles. The van der Waals surface area contributed by atoms with Gasteiger partial charge in [-0.05, 0) is 48.0 Å². The lowest BCUT2D eigenvalue weighted by atomic mass is 10.1. The van der Waals surface area contributed by atoms with Gasteiger partial charge in [0.05, 0.1) is 23.9 Å². The number of nitrogens with zero attached hydrogens (tertiary/aromatic N) is 1. The number of fused-ring (bicyclic) bond motifs is 1. The first kappa shape index (κ1) is 23.7. The first-order valence-corrected chi connectivity index (χ1v) is 9.91. The summed E-state index contributed by atoms with van der Waals surface area (Å²) < 4.78 is 75.1. The van der Waals surface area contributed by atoms with Crippen LogP contribution in [-0.2, 0) is 6.18 Å². The monoisotopic (exact) mass is 490 g/mol.